The smallest absolute Gasteiger partial charge is 0.175 e. The molecule has 0 aliphatic rings. The van der Waals surface area contributed by atoms with Crippen LogP contribution in [0.3, 0.4) is 0 Å². The van der Waals surface area contributed by atoms with E-state index in [9.17, 15) is 8.42 Å². The first-order valence-electron chi connectivity index (χ1n) is 7.67. The number of ether oxygens (including phenoxy) is 2. The number of benzene rings is 2. The van der Waals surface area contributed by atoms with E-state index in [0.717, 1.165) is 17.1 Å². The van der Waals surface area contributed by atoms with E-state index in [4.69, 9.17) is 9.47 Å². The zero-order valence-electron chi connectivity index (χ0n) is 14.0. The maximum atomic E-state index is 11.5. The van der Waals surface area contributed by atoms with Crippen LogP contribution in [0.25, 0.3) is 0 Å². The second kappa shape index (κ2) is 7.97. The van der Waals surface area contributed by atoms with E-state index in [1.54, 1.807) is 30.5 Å². The molecule has 2 rings (SSSR count). The van der Waals surface area contributed by atoms with Gasteiger partial charge in [-0.15, -0.1) is 0 Å². The van der Waals surface area contributed by atoms with Gasteiger partial charge in [-0.2, -0.15) is 0 Å². The predicted octanol–water partition coefficient (Wildman–Crippen LogP) is 3.64. The van der Waals surface area contributed by atoms with Gasteiger partial charge in [-0.25, -0.2) is 8.42 Å². The molecule has 0 amide bonds. The molecule has 0 spiro atoms. The van der Waals surface area contributed by atoms with Gasteiger partial charge in [-0.3, -0.25) is 4.99 Å². The maximum Gasteiger partial charge on any atom is 0.175 e. The summed E-state index contributed by atoms with van der Waals surface area (Å²) in [7, 11) is -3.20. The summed E-state index contributed by atoms with van der Waals surface area (Å²) in [6, 6.07) is 12.0. The molecular weight excluding hydrogens is 326 g/mol. The molecule has 0 aromatic heterocycles. The summed E-state index contributed by atoms with van der Waals surface area (Å²) in [5, 5.41) is 0. The Bertz CT molecular complexity index is 787. The standard InChI is InChI=1S/C18H21NO4S/c1-4-22-16-10-14(11-17(12-16)23-5-2)13-19-15-6-8-18(9-7-15)24(3,20)21/h6-13H,4-5H2,1-3H3. The highest BCUT2D eigenvalue weighted by Gasteiger charge is 2.06. The molecule has 0 saturated carbocycles. The summed E-state index contributed by atoms with van der Waals surface area (Å²) in [5.41, 5.74) is 1.51. The number of nitrogens with zero attached hydrogens (tertiary/aromatic N) is 1. The van der Waals surface area contributed by atoms with Crippen LogP contribution in [-0.2, 0) is 9.84 Å². The first kappa shape index (κ1) is 18.0. The van der Waals surface area contributed by atoms with Gasteiger partial charge in [0.05, 0.1) is 23.8 Å². The van der Waals surface area contributed by atoms with Gasteiger partial charge in [0.15, 0.2) is 9.84 Å². The van der Waals surface area contributed by atoms with Crippen molar-refractivity contribution in [2.45, 2.75) is 18.7 Å². The monoisotopic (exact) mass is 347 g/mol. The van der Waals surface area contributed by atoms with Crippen LogP contribution in [0.4, 0.5) is 5.69 Å². The second-order valence-electron chi connectivity index (χ2n) is 5.13. The first-order chi connectivity index (χ1) is 11.4. The Morgan fingerprint density at radius 3 is 1.96 bits per heavy atom. The molecule has 2 aromatic rings. The van der Waals surface area contributed by atoms with Crippen molar-refractivity contribution in [3.63, 3.8) is 0 Å². The van der Waals surface area contributed by atoms with E-state index in [-0.39, 0.29) is 4.90 Å². The Labute approximate surface area is 142 Å². The van der Waals surface area contributed by atoms with Gasteiger partial charge in [0.2, 0.25) is 0 Å². The largest absolute Gasteiger partial charge is 0.494 e. The Morgan fingerprint density at radius 2 is 1.50 bits per heavy atom. The number of hydrogen-bond donors (Lipinski definition) is 0. The van der Waals surface area contributed by atoms with Crippen LogP contribution in [0.5, 0.6) is 11.5 Å². The van der Waals surface area contributed by atoms with Crippen molar-refractivity contribution in [1.82, 2.24) is 0 Å². The highest BCUT2D eigenvalue weighted by atomic mass is 32.2. The Balaban J connectivity index is 2.24. The molecule has 0 aliphatic carbocycles. The normalized spacial score (nSPS) is 11.6. The molecule has 0 radical (unpaired) electrons. The van der Waals surface area contributed by atoms with Crippen molar-refractivity contribution in [3.8, 4) is 11.5 Å². The maximum absolute atomic E-state index is 11.5. The lowest BCUT2D eigenvalue weighted by Crippen LogP contribution is -1.97. The van der Waals surface area contributed by atoms with E-state index in [0.29, 0.717) is 18.9 Å². The Morgan fingerprint density at radius 1 is 0.958 bits per heavy atom. The summed E-state index contributed by atoms with van der Waals surface area (Å²) in [5.74, 6) is 1.44. The van der Waals surface area contributed by atoms with Crippen LogP contribution < -0.4 is 9.47 Å². The predicted molar refractivity (Wildman–Crippen MR) is 95.6 cm³/mol. The van der Waals surface area contributed by atoms with Crippen LogP contribution in [-0.4, -0.2) is 34.1 Å². The van der Waals surface area contributed by atoms with Crippen LogP contribution in [0, 0.1) is 0 Å². The molecule has 0 heterocycles. The van der Waals surface area contributed by atoms with E-state index in [2.05, 4.69) is 4.99 Å². The highest BCUT2D eigenvalue weighted by molar-refractivity contribution is 7.90. The Kier molecular flexibility index (Phi) is 5.98. The summed E-state index contributed by atoms with van der Waals surface area (Å²) in [4.78, 5) is 4.65. The van der Waals surface area contributed by atoms with Crippen molar-refractivity contribution in [2.24, 2.45) is 4.99 Å². The fourth-order valence-electron chi connectivity index (χ4n) is 2.10. The lowest BCUT2D eigenvalue weighted by Gasteiger charge is -2.08. The summed E-state index contributed by atoms with van der Waals surface area (Å²) in [6.45, 7) is 4.98. The minimum atomic E-state index is -3.20. The summed E-state index contributed by atoms with van der Waals surface area (Å²) in [6.07, 6.45) is 2.88. The molecule has 128 valence electrons. The zero-order chi connectivity index (χ0) is 17.6. The van der Waals surface area contributed by atoms with Crippen LogP contribution in [0.1, 0.15) is 19.4 Å². The minimum absolute atomic E-state index is 0.276. The number of hydrogen-bond acceptors (Lipinski definition) is 5. The minimum Gasteiger partial charge on any atom is -0.494 e. The SMILES string of the molecule is CCOc1cc(C=Nc2ccc(S(C)(=O)=O)cc2)cc(OCC)c1. The van der Waals surface area contributed by atoms with E-state index >= 15 is 0 Å². The third-order valence-corrected chi connectivity index (χ3v) is 4.28. The molecule has 5 nitrogen and oxygen atoms in total. The molecule has 0 unspecified atom stereocenters. The van der Waals surface area contributed by atoms with Crippen molar-refractivity contribution in [1.29, 1.82) is 0 Å². The van der Waals surface area contributed by atoms with E-state index < -0.39 is 9.84 Å². The van der Waals surface area contributed by atoms with E-state index in [1.807, 2.05) is 32.0 Å². The molecule has 6 heteroatoms. The first-order valence-corrected chi connectivity index (χ1v) is 9.56. The van der Waals surface area contributed by atoms with Crippen LogP contribution >= 0.6 is 0 Å². The Hall–Kier alpha value is -2.34. The van der Waals surface area contributed by atoms with Gasteiger partial charge in [0.1, 0.15) is 11.5 Å². The third kappa shape index (κ3) is 5.09. The van der Waals surface area contributed by atoms with Crippen molar-refractivity contribution in [2.75, 3.05) is 19.5 Å². The van der Waals surface area contributed by atoms with Crippen molar-refractivity contribution >= 4 is 21.7 Å². The molecule has 0 atom stereocenters. The highest BCUT2D eigenvalue weighted by Crippen LogP contribution is 2.23. The average Bonchev–Trinajstić information content (AvgIpc) is 2.53. The fourth-order valence-corrected chi connectivity index (χ4v) is 2.73. The zero-order valence-corrected chi connectivity index (χ0v) is 14.8. The lowest BCUT2D eigenvalue weighted by molar-refractivity contribution is 0.323. The van der Waals surface area contributed by atoms with Gasteiger partial charge >= 0.3 is 0 Å². The van der Waals surface area contributed by atoms with Crippen LogP contribution in [0.2, 0.25) is 0 Å². The lowest BCUT2D eigenvalue weighted by atomic mass is 10.2. The summed E-state index contributed by atoms with van der Waals surface area (Å²) < 4.78 is 34.0. The van der Waals surface area contributed by atoms with Crippen molar-refractivity contribution < 1.29 is 17.9 Å². The number of sulfone groups is 1. The molecule has 0 aliphatic heterocycles. The molecular formula is C18H21NO4S. The second-order valence-corrected chi connectivity index (χ2v) is 7.14. The average molecular weight is 347 g/mol. The van der Waals surface area contributed by atoms with Gasteiger partial charge in [0.25, 0.3) is 0 Å². The third-order valence-electron chi connectivity index (χ3n) is 3.15. The van der Waals surface area contributed by atoms with Crippen LogP contribution in [0.15, 0.2) is 52.4 Å². The quantitative estimate of drug-likeness (QED) is 0.717. The molecule has 0 saturated heterocycles. The molecule has 0 N–H and O–H groups in total. The molecule has 0 bridgehead atoms. The summed E-state index contributed by atoms with van der Waals surface area (Å²) >= 11 is 0. The van der Waals surface area contributed by atoms with E-state index in [1.165, 1.54) is 6.26 Å². The molecule has 0 fully saturated rings. The van der Waals surface area contributed by atoms with Crippen molar-refractivity contribution in [3.05, 3.63) is 48.0 Å². The molecule has 2 aromatic carbocycles. The van der Waals surface area contributed by atoms with Gasteiger partial charge in [-0.1, -0.05) is 0 Å². The topological polar surface area (TPSA) is 65.0 Å². The molecule has 24 heavy (non-hydrogen) atoms. The van der Waals surface area contributed by atoms with Gasteiger partial charge in [-0.05, 0) is 50.2 Å². The number of aliphatic imine (C=N–C) groups is 1. The van der Waals surface area contributed by atoms with Gasteiger partial charge in [0, 0.05) is 24.1 Å². The number of rotatable bonds is 7. The fraction of sp³-hybridized carbons (Fsp3) is 0.278. The van der Waals surface area contributed by atoms with Gasteiger partial charge < -0.3 is 9.47 Å².